The van der Waals surface area contributed by atoms with Crippen molar-refractivity contribution in [2.45, 2.75) is 188 Å². The fraction of sp³-hybridized carbons (Fsp3) is 0.568. The molecule has 11 aliphatic carbocycles. The lowest BCUT2D eigenvalue weighted by Gasteiger charge is -2.73. The Kier molecular flexibility index (Phi) is 13.4. The van der Waals surface area contributed by atoms with Gasteiger partial charge in [-0.25, -0.2) is 0 Å². The molecule has 6 heterocycles. The average molecular weight is 1160 g/mol. The van der Waals surface area contributed by atoms with E-state index in [1.54, 1.807) is 11.1 Å². The number of carboxylic acid groups (broad SMARTS) is 1. The van der Waals surface area contributed by atoms with E-state index in [0.717, 1.165) is 89.5 Å². The third kappa shape index (κ3) is 8.12. The van der Waals surface area contributed by atoms with Crippen LogP contribution >= 0.6 is 0 Å². The third-order valence-electron chi connectivity index (χ3n) is 28.3. The van der Waals surface area contributed by atoms with Gasteiger partial charge in [-0.3, -0.25) is 4.79 Å². The monoisotopic (exact) mass is 1160 g/mol. The van der Waals surface area contributed by atoms with E-state index in [2.05, 4.69) is 154 Å². The molecule has 6 nitrogen and oxygen atoms in total. The molecule has 3 aromatic carbocycles. The number of hydrogen-bond acceptors (Lipinski definition) is 5. The highest BCUT2D eigenvalue weighted by Crippen LogP contribution is 2.86. The zero-order valence-corrected chi connectivity index (χ0v) is 52.9. The van der Waals surface area contributed by atoms with E-state index < -0.39 is 40.3 Å². The summed E-state index contributed by atoms with van der Waals surface area (Å²) in [5, 5.41) is 49.4. The van der Waals surface area contributed by atoms with Crippen LogP contribution in [-0.4, -0.2) is 46.6 Å². The number of aryl methyl sites for hydroxylation is 2. The van der Waals surface area contributed by atoms with E-state index in [1.807, 2.05) is 0 Å². The van der Waals surface area contributed by atoms with Gasteiger partial charge in [-0.15, -0.1) is 0 Å². The molecule has 16 atom stereocenters. The number of fused-ring (bicyclic) bond motifs is 3. The highest BCUT2D eigenvalue weighted by Gasteiger charge is 2.81. The Morgan fingerprint density at radius 3 is 2.43 bits per heavy atom. The lowest BCUT2D eigenvalue weighted by molar-refractivity contribution is -0.168. The van der Waals surface area contributed by atoms with Gasteiger partial charge < -0.3 is 26.0 Å². The second-order valence-corrected chi connectivity index (χ2v) is 32.0. The molecule has 0 radical (unpaired) electrons. The number of benzene rings is 3. The van der Waals surface area contributed by atoms with Crippen LogP contribution in [0.15, 0.2) is 144 Å². The van der Waals surface area contributed by atoms with Gasteiger partial charge in [0.25, 0.3) is 0 Å². The van der Waals surface area contributed by atoms with Crippen molar-refractivity contribution in [3.05, 3.63) is 182 Å². The summed E-state index contributed by atoms with van der Waals surface area (Å²) in [5.41, 5.74) is 12.8. The van der Waals surface area contributed by atoms with E-state index in [0.29, 0.717) is 42.9 Å². The molecule has 456 valence electrons. The Morgan fingerprint density at radius 2 is 1.61 bits per heavy atom. The van der Waals surface area contributed by atoms with E-state index in [-0.39, 0.29) is 39.4 Å². The fourth-order valence-electron chi connectivity index (χ4n) is 25.2. The molecule has 0 aromatic heterocycles. The van der Waals surface area contributed by atoms with Gasteiger partial charge in [0.05, 0.1) is 23.9 Å². The van der Waals surface area contributed by atoms with Crippen LogP contribution < -0.4 is 21.1 Å². The molecule has 20 rings (SSSR count). The van der Waals surface area contributed by atoms with E-state index in [4.69, 9.17) is 6.58 Å². The minimum Gasteiger partial charge on any atom is -0.481 e. The zero-order chi connectivity index (χ0) is 59.5. The molecule has 0 saturated heterocycles. The molecular weight excluding hydrogens is 1060 g/mol. The number of carbonyl (C=O) groups is 1. The Morgan fingerprint density at radius 1 is 0.782 bits per heavy atom. The number of aliphatic carboxylic acids is 1. The molecule has 17 aliphatic rings. The Hall–Kier alpha value is -5.43. The lowest BCUT2D eigenvalue weighted by Crippen LogP contribution is -2.68. The van der Waals surface area contributed by atoms with Crippen molar-refractivity contribution in [3.63, 3.8) is 0 Å². The highest BCUT2D eigenvalue weighted by atomic mass is 16.4. The molecule has 0 amide bonds. The van der Waals surface area contributed by atoms with Crippen molar-refractivity contribution in [2.75, 3.05) is 13.1 Å². The van der Waals surface area contributed by atoms with Crippen LogP contribution in [0.25, 0.3) is 17.2 Å². The van der Waals surface area contributed by atoms with Crippen molar-refractivity contribution in [1.29, 1.82) is 0 Å². The number of dihydropyridines is 1. The third-order valence-corrected chi connectivity index (χ3v) is 28.3. The van der Waals surface area contributed by atoms with Gasteiger partial charge >= 0.3 is 5.97 Å². The Bertz CT molecular complexity index is 3680. The maximum atomic E-state index is 15.1. The average Bonchev–Trinajstić information content (AvgIpc) is 1.62. The van der Waals surface area contributed by atoms with Gasteiger partial charge in [0.15, 0.2) is 0 Å². The normalized spacial score (nSPS) is 41.7. The first-order valence-electron chi connectivity index (χ1n) is 35.0. The van der Waals surface area contributed by atoms with Gasteiger partial charge in [-0.2, -0.15) is 0 Å². The summed E-state index contributed by atoms with van der Waals surface area (Å²) in [4.78, 5) is 15.1. The van der Waals surface area contributed by atoms with Gasteiger partial charge in [0.1, 0.15) is 0 Å². The number of nitrogens with one attached hydrogen (secondary N) is 2. The summed E-state index contributed by atoms with van der Waals surface area (Å²) in [5.74, 6) is 1.97. The van der Waals surface area contributed by atoms with Crippen LogP contribution in [0.5, 0.6) is 0 Å². The first-order valence-corrected chi connectivity index (χ1v) is 35.0. The molecule has 5 fully saturated rings. The summed E-state index contributed by atoms with van der Waals surface area (Å²) in [6, 6.07) is 25.8. The molecule has 14 bridgehead atoms. The standard InChI is InChI=1S/C81H98N2O4/c1-50-38-51(2)40-55(39-50)41-54-25-33-77(45-54)34-27-66-64(77)28-36-80-67(73(86)87)23-21-52(3)60(56-15-7-6-8-16-56)20-12-37-82-72-24-22-59(49-83-72)57-18-11-14-53(42-57)43-62-61-19-10-9-17-58(61)44-68-63(62)46-78-31-13-30-75(4)70(84)29-35-79(68,74(75)78)65-26-32-76(80,5)81(66,48-71(80)85)69(65)47-78/h9-11,13-14,17-19,22,24,28,31,36,38-40,42,44,46,54,56,60,64,66-68,70-71,74,82-85H,3,6-8,12,15-16,20-21,23,25-27,29-30,32-35,37,41,43,45,47-49H2,1-2,4-5H3,(H,86,87). The van der Waals surface area contributed by atoms with Crippen molar-refractivity contribution < 1.29 is 20.1 Å². The first kappa shape index (κ1) is 56.8. The maximum absolute atomic E-state index is 15.1. The van der Waals surface area contributed by atoms with Crippen molar-refractivity contribution >= 4 is 23.2 Å². The second kappa shape index (κ2) is 20.5. The van der Waals surface area contributed by atoms with Crippen LogP contribution in [0.4, 0.5) is 0 Å². The largest absolute Gasteiger partial charge is 0.481 e. The summed E-state index contributed by atoms with van der Waals surface area (Å²) < 4.78 is 0. The number of aliphatic hydroxyl groups excluding tert-OH is 2. The van der Waals surface area contributed by atoms with E-state index in [1.165, 1.54) is 118 Å². The maximum Gasteiger partial charge on any atom is 0.307 e. The summed E-state index contributed by atoms with van der Waals surface area (Å²) in [7, 11) is 0. The minimum atomic E-state index is -0.974. The summed E-state index contributed by atoms with van der Waals surface area (Å²) in [6.45, 7) is 16.2. The predicted molar refractivity (Wildman–Crippen MR) is 351 cm³/mol. The molecule has 16 unspecified atom stereocenters. The first-order chi connectivity index (χ1) is 42.0. The quantitative estimate of drug-likeness (QED) is 0.167. The number of allylic oxidation sites excluding steroid dienone is 10. The minimum absolute atomic E-state index is 0.106. The molecule has 87 heavy (non-hydrogen) atoms. The van der Waals surface area contributed by atoms with E-state index in [9.17, 15) is 15.3 Å². The summed E-state index contributed by atoms with van der Waals surface area (Å²) >= 11 is 0. The molecule has 6 aliphatic heterocycles. The Balaban J connectivity index is 0.905. The van der Waals surface area contributed by atoms with Crippen molar-refractivity contribution in [2.24, 2.45) is 85.2 Å². The number of rotatable bonds is 4. The Labute approximate surface area is 519 Å². The lowest BCUT2D eigenvalue weighted by atomic mass is 9.30. The summed E-state index contributed by atoms with van der Waals surface area (Å²) in [6.07, 6.45) is 42.4. The van der Waals surface area contributed by atoms with Crippen LogP contribution in [0.1, 0.15) is 177 Å². The smallest absolute Gasteiger partial charge is 0.307 e. The number of aliphatic hydroxyl groups is 2. The number of hydrogen-bond donors (Lipinski definition) is 5. The van der Waals surface area contributed by atoms with Gasteiger partial charge in [0.2, 0.25) is 0 Å². The van der Waals surface area contributed by atoms with Crippen LogP contribution in [0, 0.1) is 99.1 Å². The second-order valence-electron chi connectivity index (χ2n) is 32.0. The fourth-order valence-corrected chi connectivity index (χ4v) is 25.2. The molecule has 3 aromatic rings. The van der Waals surface area contributed by atoms with Gasteiger partial charge in [-0.05, 0) is 239 Å². The molecule has 5 N–H and O–H groups in total. The van der Waals surface area contributed by atoms with Gasteiger partial charge in [-0.1, -0.05) is 177 Å². The van der Waals surface area contributed by atoms with Crippen molar-refractivity contribution in [3.8, 4) is 0 Å². The van der Waals surface area contributed by atoms with Crippen LogP contribution in [0.2, 0.25) is 0 Å². The zero-order valence-electron chi connectivity index (χ0n) is 52.9. The predicted octanol–water partition coefficient (Wildman–Crippen LogP) is 15.1. The highest BCUT2D eigenvalue weighted by molar-refractivity contribution is 5.78. The molecule has 5 saturated carbocycles. The molecule has 3 spiro atoms. The topological polar surface area (TPSA) is 102 Å². The van der Waals surface area contributed by atoms with Crippen LogP contribution in [-0.2, 0) is 17.6 Å². The van der Waals surface area contributed by atoms with E-state index >= 15 is 4.79 Å². The number of carboxylic acids is 1. The molecular formula is C81H98N2O4. The SMILES string of the molecule is C=C1CCC(C(=O)O)C23C=CC4C(CCC45CCC(Cc4cc(C)cc(C)c4)C5)C4(CC2O)C2=C(CCC43C)C34CCC(O)C5(C)CC=CC(C=C6C(=c7ccccc7=CC63)Cc3cccc(c3)C3=CC=C(NCCCC1C1CCCCC1)NC3)(C2)C54. The van der Waals surface area contributed by atoms with Crippen LogP contribution in [0.3, 0.4) is 0 Å². The molecule has 6 heteroatoms. The van der Waals surface area contributed by atoms with Crippen molar-refractivity contribution in [1.82, 2.24) is 10.6 Å². The van der Waals surface area contributed by atoms with Gasteiger partial charge in [0, 0.05) is 46.1 Å².